The highest BCUT2D eigenvalue weighted by Crippen LogP contribution is 2.24. The van der Waals surface area contributed by atoms with Gasteiger partial charge in [-0.2, -0.15) is 0 Å². The molecule has 0 saturated carbocycles. The average molecular weight is 340 g/mol. The molecule has 0 heterocycles. The summed E-state index contributed by atoms with van der Waals surface area (Å²) in [5.74, 6) is 1.37. The summed E-state index contributed by atoms with van der Waals surface area (Å²) in [4.78, 5) is 4.17. The Balaban J connectivity index is 2.38. The van der Waals surface area contributed by atoms with Gasteiger partial charge in [0.15, 0.2) is 5.96 Å². The first-order valence-electron chi connectivity index (χ1n) is 6.53. The standard InChI is InChI=1S/C15H22BrN3O/c1-11(2)10-19-15(17)18-8-4-5-12-6-7-13(16)9-14(12)20-3/h6-7,9H,1,4-5,8,10H2,2-3H3,(H3,17,18,19). The van der Waals surface area contributed by atoms with Gasteiger partial charge in [0.2, 0.25) is 0 Å². The van der Waals surface area contributed by atoms with Crippen LogP contribution in [0, 0.1) is 0 Å². The number of halogens is 1. The molecule has 0 saturated heterocycles. The second-order valence-electron chi connectivity index (χ2n) is 4.65. The Bertz CT molecular complexity index is 486. The van der Waals surface area contributed by atoms with E-state index in [1.807, 2.05) is 19.1 Å². The van der Waals surface area contributed by atoms with Gasteiger partial charge in [0, 0.05) is 11.0 Å². The van der Waals surface area contributed by atoms with Crippen molar-refractivity contribution in [3.8, 4) is 5.75 Å². The number of hydrogen-bond acceptors (Lipinski definition) is 2. The summed E-state index contributed by atoms with van der Waals surface area (Å²) in [6.45, 7) is 7.06. The molecule has 3 N–H and O–H groups in total. The van der Waals surface area contributed by atoms with Gasteiger partial charge in [-0.1, -0.05) is 34.1 Å². The molecule has 0 atom stereocenters. The van der Waals surface area contributed by atoms with E-state index in [9.17, 15) is 0 Å². The van der Waals surface area contributed by atoms with E-state index in [-0.39, 0.29) is 0 Å². The zero-order valence-corrected chi connectivity index (χ0v) is 13.7. The number of methoxy groups -OCH3 is 1. The van der Waals surface area contributed by atoms with Crippen molar-refractivity contribution >= 4 is 21.9 Å². The van der Waals surface area contributed by atoms with Crippen molar-refractivity contribution in [1.82, 2.24) is 5.32 Å². The van der Waals surface area contributed by atoms with Crippen LogP contribution in [0.15, 0.2) is 39.8 Å². The molecule has 110 valence electrons. The van der Waals surface area contributed by atoms with Crippen LogP contribution in [0.5, 0.6) is 5.75 Å². The van der Waals surface area contributed by atoms with Gasteiger partial charge in [-0.3, -0.25) is 0 Å². The van der Waals surface area contributed by atoms with Crippen LogP contribution < -0.4 is 15.8 Å². The minimum Gasteiger partial charge on any atom is -0.496 e. The number of nitrogens with two attached hydrogens (primary N) is 1. The van der Waals surface area contributed by atoms with Crippen LogP contribution in [-0.4, -0.2) is 26.2 Å². The van der Waals surface area contributed by atoms with Crippen LogP contribution in [0.1, 0.15) is 18.9 Å². The van der Waals surface area contributed by atoms with Crippen LogP contribution in [0.4, 0.5) is 0 Å². The minimum absolute atomic E-state index is 0.468. The molecule has 1 aromatic carbocycles. The van der Waals surface area contributed by atoms with Crippen molar-refractivity contribution < 1.29 is 4.74 Å². The number of aryl methyl sites for hydroxylation is 1. The van der Waals surface area contributed by atoms with E-state index >= 15 is 0 Å². The maximum Gasteiger partial charge on any atom is 0.188 e. The minimum atomic E-state index is 0.468. The van der Waals surface area contributed by atoms with Gasteiger partial charge >= 0.3 is 0 Å². The normalized spacial score (nSPS) is 11.2. The first-order chi connectivity index (χ1) is 9.52. The second kappa shape index (κ2) is 8.64. The predicted octanol–water partition coefficient (Wildman–Crippen LogP) is 2.87. The van der Waals surface area contributed by atoms with E-state index in [2.05, 4.69) is 38.9 Å². The first kappa shape index (κ1) is 16.6. The van der Waals surface area contributed by atoms with E-state index in [4.69, 9.17) is 10.5 Å². The third-order valence-corrected chi connectivity index (χ3v) is 3.19. The van der Waals surface area contributed by atoms with Crippen molar-refractivity contribution in [2.45, 2.75) is 19.8 Å². The van der Waals surface area contributed by atoms with Gasteiger partial charge in [0.25, 0.3) is 0 Å². The summed E-state index contributed by atoms with van der Waals surface area (Å²) < 4.78 is 6.38. The van der Waals surface area contributed by atoms with Crippen molar-refractivity contribution in [3.05, 3.63) is 40.4 Å². The van der Waals surface area contributed by atoms with Crippen LogP contribution >= 0.6 is 15.9 Å². The average Bonchev–Trinajstić information content (AvgIpc) is 2.42. The highest BCUT2D eigenvalue weighted by Gasteiger charge is 2.03. The molecule has 0 bridgehead atoms. The summed E-state index contributed by atoms with van der Waals surface area (Å²) in [5, 5.41) is 3.09. The largest absolute Gasteiger partial charge is 0.496 e. The summed E-state index contributed by atoms with van der Waals surface area (Å²) in [7, 11) is 1.69. The zero-order valence-electron chi connectivity index (χ0n) is 12.1. The highest BCUT2D eigenvalue weighted by molar-refractivity contribution is 9.10. The zero-order chi connectivity index (χ0) is 15.0. The van der Waals surface area contributed by atoms with E-state index in [1.165, 1.54) is 5.56 Å². The lowest BCUT2D eigenvalue weighted by molar-refractivity contribution is 0.409. The molecular weight excluding hydrogens is 318 g/mol. The lowest BCUT2D eigenvalue weighted by Gasteiger charge is -2.10. The monoisotopic (exact) mass is 339 g/mol. The molecule has 1 rings (SSSR count). The number of aliphatic imine (C=N–C) groups is 1. The molecule has 0 radical (unpaired) electrons. The second-order valence-corrected chi connectivity index (χ2v) is 5.56. The maximum absolute atomic E-state index is 5.74. The molecule has 0 fully saturated rings. The molecule has 0 spiro atoms. The highest BCUT2D eigenvalue weighted by atomic mass is 79.9. The van der Waals surface area contributed by atoms with E-state index < -0.39 is 0 Å². The van der Waals surface area contributed by atoms with Gasteiger partial charge in [0.05, 0.1) is 13.7 Å². The van der Waals surface area contributed by atoms with Gasteiger partial charge in [0.1, 0.15) is 5.75 Å². The Morgan fingerprint density at radius 1 is 1.50 bits per heavy atom. The fraction of sp³-hybridized carbons (Fsp3) is 0.400. The van der Waals surface area contributed by atoms with Gasteiger partial charge in [-0.05, 0) is 37.5 Å². The van der Waals surface area contributed by atoms with E-state index in [0.717, 1.165) is 35.2 Å². The number of hydrogen-bond donors (Lipinski definition) is 2. The van der Waals surface area contributed by atoms with Gasteiger partial charge < -0.3 is 15.8 Å². The number of ether oxygens (including phenoxy) is 1. The Morgan fingerprint density at radius 3 is 2.90 bits per heavy atom. The molecule has 4 nitrogen and oxygen atoms in total. The summed E-state index contributed by atoms with van der Waals surface area (Å²) in [6.07, 6.45) is 1.89. The van der Waals surface area contributed by atoms with Crippen molar-refractivity contribution in [2.24, 2.45) is 10.7 Å². The molecular formula is C15H22BrN3O. The van der Waals surface area contributed by atoms with Crippen LogP contribution in [0.25, 0.3) is 0 Å². The fourth-order valence-electron chi connectivity index (χ4n) is 1.70. The Labute approximate surface area is 129 Å². The van der Waals surface area contributed by atoms with Crippen molar-refractivity contribution in [3.63, 3.8) is 0 Å². The summed E-state index contributed by atoms with van der Waals surface area (Å²) in [5.41, 5.74) is 7.93. The molecule has 0 unspecified atom stereocenters. The van der Waals surface area contributed by atoms with Crippen LogP contribution in [-0.2, 0) is 6.42 Å². The van der Waals surface area contributed by atoms with Gasteiger partial charge in [-0.25, -0.2) is 4.99 Å². The van der Waals surface area contributed by atoms with Crippen LogP contribution in [0.2, 0.25) is 0 Å². The molecule has 0 aliphatic rings. The smallest absolute Gasteiger partial charge is 0.188 e. The fourth-order valence-corrected chi connectivity index (χ4v) is 2.04. The van der Waals surface area contributed by atoms with Crippen molar-refractivity contribution in [1.29, 1.82) is 0 Å². The van der Waals surface area contributed by atoms with E-state index in [0.29, 0.717) is 12.5 Å². The molecule has 1 aromatic rings. The topological polar surface area (TPSA) is 59.6 Å². The number of nitrogens with one attached hydrogen (secondary N) is 1. The lowest BCUT2D eigenvalue weighted by atomic mass is 10.1. The van der Waals surface area contributed by atoms with Crippen molar-refractivity contribution in [2.75, 3.05) is 20.2 Å². The Hall–Kier alpha value is -1.49. The maximum atomic E-state index is 5.74. The SMILES string of the molecule is C=C(C)CN=C(N)NCCCc1ccc(Br)cc1OC. The molecule has 0 aromatic heterocycles. The Kier molecular flexibility index (Phi) is 7.15. The van der Waals surface area contributed by atoms with Gasteiger partial charge in [-0.15, -0.1) is 0 Å². The number of rotatable bonds is 7. The van der Waals surface area contributed by atoms with Crippen LogP contribution in [0.3, 0.4) is 0 Å². The molecule has 5 heteroatoms. The summed E-state index contributed by atoms with van der Waals surface area (Å²) >= 11 is 3.44. The number of guanidine groups is 1. The number of benzene rings is 1. The molecule has 0 aliphatic heterocycles. The number of nitrogens with zero attached hydrogens (tertiary/aromatic N) is 1. The first-order valence-corrected chi connectivity index (χ1v) is 7.33. The third-order valence-electron chi connectivity index (χ3n) is 2.70. The lowest BCUT2D eigenvalue weighted by Crippen LogP contribution is -2.32. The quantitative estimate of drug-likeness (QED) is 0.347. The van der Waals surface area contributed by atoms with E-state index in [1.54, 1.807) is 7.11 Å². The molecule has 0 amide bonds. The Morgan fingerprint density at radius 2 is 2.25 bits per heavy atom. The molecule has 0 aliphatic carbocycles. The predicted molar refractivity (Wildman–Crippen MR) is 88.3 cm³/mol. The molecule has 20 heavy (non-hydrogen) atoms. The third kappa shape index (κ3) is 6.10. The summed E-state index contributed by atoms with van der Waals surface area (Å²) in [6, 6.07) is 6.07.